The third-order valence-electron chi connectivity index (χ3n) is 7.87. The normalized spacial score (nSPS) is 15.6. The number of nitrogens with zero attached hydrogens (tertiary/aromatic N) is 4. The number of anilines is 1. The van der Waals surface area contributed by atoms with Gasteiger partial charge >= 0.3 is 5.97 Å². The van der Waals surface area contributed by atoms with E-state index in [4.69, 9.17) is 29.0 Å². The van der Waals surface area contributed by atoms with Crippen molar-refractivity contribution in [2.75, 3.05) is 31.2 Å². The van der Waals surface area contributed by atoms with Crippen LogP contribution >= 0.6 is 0 Å². The molecule has 1 fully saturated rings. The smallest absolute Gasteiger partial charge is 0.340 e. The van der Waals surface area contributed by atoms with Gasteiger partial charge in [-0.3, -0.25) is 0 Å². The third-order valence-corrected chi connectivity index (χ3v) is 7.87. The van der Waals surface area contributed by atoms with Gasteiger partial charge in [-0.2, -0.15) is 9.61 Å². The maximum atomic E-state index is 14.0. The number of rotatable bonds is 14. The predicted molar refractivity (Wildman–Crippen MR) is 173 cm³/mol. The fraction of sp³-hybridized carbons (Fsp3) is 0.514. The van der Waals surface area contributed by atoms with Crippen LogP contribution < -0.4 is 4.90 Å². The molecule has 0 N–H and O–H groups in total. The molecule has 3 aromatic rings. The molecule has 0 bridgehead atoms. The zero-order valence-electron chi connectivity index (χ0n) is 27.8. The molecule has 0 saturated carbocycles. The Morgan fingerprint density at radius 3 is 2.37 bits per heavy atom. The van der Waals surface area contributed by atoms with E-state index in [-0.39, 0.29) is 25.4 Å². The summed E-state index contributed by atoms with van der Waals surface area (Å²) in [5.74, 6) is -1.66. The van der Waals surface area contributed by atoms with Gasteiger partial charge in [-0.15, -0.1) is 13.2 Å². The molecule has 0 spiro atoms. The molecule has 46 heavy (non-hydrogen) atoms. The molecule has 0 radical (unpaired) electrons. The van der Waals surface area contributed by atoms with E-state index >= 15 is 0 Å². The summed E-state index contributed by atoms with van der Waals surface area (Å²) >= 11 is 0. The quantitative estimate of drug-likeness (QED) is 0.141. The molecule has 250 valence electrons. The highest BCUT2D eigenvalue weighted by molar-refractivity contribution is 5.80. The van der Waals surface area contributed by atoms with Crippen LogP contribution in [0.15, 0.2) is 43.5 Å². The van der Waals surface area contributed by atoms with E-state index in [0.717, 1.165) is 18.9 Å². The van der Waals surface area contributed by atoms with Crippen molar-refractivity contribution in [3.05, 3.63) is 83.2 Å². The summed E-state index contributed by atoms with van der Waals surface area (Å²) in [4.78, 5) is 20.5. The summed E-state index contributed by atoms with van der Waals surface area (Å²) in [5, 5.41) is 4.87. The Morgan fingerprint density at radius 1 is 1.09 bits per heavy atom. The Morgan fingerprint density at radius 2 is 1.76 bits per heavy atom. The fourth-order valence-corrected chi connectivity index (χ4v) is 5.61. The second kappa shape index (κ2) is 14.8. The maximum Gasteiger partial charge on any atom is 0.340 e. The van der Waals surface area contributed by atoms with Crippen molar-refractivity contribution < 1.29 is 32.5 Å². The summed E-state index contributed by atoms with van der Waals surface area (Å²) in [6, 6.07) is 4.15. The molecular formula is C35H46F2N4O5. The minimum absolute atomic E-state index is 0.0541. The molecule has 1 saturated heterocycles. The molecule has 9 nitrogen and oxygen atoms in total. The molecule has 1 aliphatic rings. The summed E-state index contributed by atoms with van der Waals surface area (Å²) in [6.07, 6.45) is 4.20. The number of aromatic nitrogens is 3. The number of hydrogen-bond acceptors (Lipinski definition) is 8. The minimum atomic E-state index is -1.04. The van der Waals surface area contributed by atoms with Gasteiger partial charge < -0.3 is 23.8 Å². The number of aryl methyl sites for hydroxylation is 1. The Kier molecular flexibility index (Phi) is 11.3. The largest absolute Gasteiger partial charge is 0.464 e. The first-order valence-electron chi connectivity index (χ1n) is 15.7. The van der Waals surface area contributed by atoms with Crippen molar-refractivity contribution in [1.82, 2.24) is 14.6 Å². The number of carbonyl (C=O) groups excluding carboxylic acids is 1. The van der Waals surface area contributed by atoms with Crippen LogP contribution in [-0.4, -0.2) is 58.1 Å². The number of fused-ring (bicyclic) bond motifs is 1. The third kappa shape index (κ3) is 8.37. The number of halogens is 2. The van der Waals surface area contributed by atoms with E-state index < -0.39 is 29.3 Å². The van der Waals surface area contributed by atoms with Crippen molar-refractivity contribution in [2.24, 2.45) is 0 Å². The number of carbonyl (C=O) groups is 1. The number of esters is 1. The first-order chi connectivity index (χ1) is 21.8. The summed E-state index contributed by atoms with van der Waals surface area (Å²) in [6.45, 7) is 21.0. The lowest BCUT2D eigenvalue weighted by molar-refractivity contribution is -0.166. The lowest BCUT2D eigenvalue weighted by atomic mass is 9.92. The lowest BCUT2D eigenvalue weighted by Crippen LogP contribution is -2.45. The van der Waals surface area contributed by atoms with Gasteiger partial charge in [0, 0.05) is 24.8 Å². The van der Waals surface area contributed by atoms with Crippen LogP contribution in [0.2, 0.25) is 0 Å². The average molecular weight is 641 g/mol. The van der Waals surface area contributed by atoms with Gasteiger partial charge in [0.25, 0.3) is 0 Å². The van der Waals surface area contributed by atoms with E-state index in [1.165, 1.54) is 6.07 Å². The van der Waals surface area contributed by atoms with Crippen molar-refractivity contribution in [3.63, 3.8) is 0 Å². The molecule has 1 aromatic carbocycles. The van der Waals surface area contributed by atoms with Crippen LogP contribution in [0.1, 0.15) is 81.6 Å². The first kappa shape index (κ1) is 35.2. The van der Waals surface area contributed by atoms with Gasteiger partial charge in [-0.05, 0) is 84.1 Å². The van der Waals surface area contributed by atoms with Gasteiger partial charge in [0.05, 0.1) is 48.9 Å². The number of allylic oxidation sites excluding steroid dienone is 1. The summed E-state index contributed by atoms with van der Waals surface area (Å²) in [5.41, 5.74) is 2.51. The van der Waals surface area contributed by atoms with Crippen LogP contribution in [0.5, 0.6) is 0 Å². The topological polar surface area (TPSA) is 87.4 Å². The van der Waals surface area contributed by atoms with Crippen molar-refractivity contribution >= 4 is 17.4 Å². The highest BCUT2D eigenvalue weighted by Gasteiger charge is 2.38. The van der Waals surface area contributed by atoms with Gasteiger partial charge in [0.2, 0.25) is 0 Å². The monoisotopic (exact) mass is 640 g/mol. The molecule has 1 aliphatic heterocycles. The number of ether oxygens (including phenoxy) is 4. The van der Waals surface area contributed by atoms with Crippen LogP contribution in [0.4, 0.5) is 14.6 Å². The van der Waals surface area contributed by atoms with Crippen molar-refractivity contribution in [3.8, 4) is 0 Å². The molecule has 0 aliphatic carbocycles. The maximum absolute atomic E-state index is 14.0. The Balaban J connectivity index is 1.73. The Hall–Kier alpha value is -3.67. The second-order valence-electron chi connectivity index (χ2n) is 12.8. The van der Waals surface area contributed by atoms with E-state index in [0.29, 0.717) is 65.7 Å². The van der Waals surface area contributed by atoms with E-state index in [1.54, 1.807) is 23.6 Å². The first-order valence-corrected chi connectivity index (χ1v) is 15.7. The summed E-state index contributed by atoms with van der Waals surface area (Å²) < 4.78 is 53.5. The SMILES string of the molecule is C=CCOC1(C)CCN(c2c([C@H](OC(C)(C)C)C(=O)OCC)c(C)nc3cc(COCc4cc(F)c(F)cc4CC=C)nn23)CC1. The van der Waals surface area contributed by atoms with Crippen LogP contribution in [0, 0.1) is 18.6 Å². The van der Waals surface area contributed by atoms with Crippen LogP contribution in [0.3, 0.4) is 0 Å². The average Bonchev–Trinajstić information content (AvgIpc) is 3.39. The zero-order chi connectivity index (χ0) is 33.6. The van der Waals surface area contributed by atoms with Crippen molar-refractivity contribution in [2.45, 2.75) is 91.3 Å². The molecule has 1 atom stereocenters. The highest BCUT2D eigenvalue weighted by Crippen LogP contribution is 2.38. The Labute approximate surface area is 270 Å². The van der Waals surface area contributed by atoms with Crippen LogP contribution in [0.25, 0.3) is 5.65 Å². The van der Waals surface area contributed by atoms with Gasteiger partial charge in [-0.1, -0.05) is 12.2 Å². The van der Waals surface area contributed by atoms with E-state index in [1.807, 2.05) is 33.8 Å². The highest BCUT2D eigenvalue weighted by atomic mass is 19.2. The fourth-order valence-electron chi connectivity index (χ4n) is 5.61. The number of hydrogen-bond donors (Lipinski definition) is 0. The molecular weight excluding hydrogens is 594 g/mol. The van der Waals surface area contributed by atoms with Gasteiger partial charge in [-0.25, -0.2) is 18.6 Å². The number of benzene rings is 1. The van der Waals surface area contributed by atoms with Gasteiger partial charge in [0.1, 0.15) is 5.82 Å². The molecule has 4 rings (SSSR count). The number of piperidine rings is 1. The molecule has 2 aromatic heterocycles. The molecule has 0 unspecified atom stereocenters. The van der Waals surface area contributed by atoms with E-state index in [2.05, 4.69) is 25.0 Å². The van der Waals surface area contributed by atoms with Gasteiger partial charge in [0.15, 0.2) is 23.4 Å². The second-order valence-corrected chi connectivity index (χ2v) is 12.8. The Bertz CT molecular complexity index is 1560. The standard InChI is InChI=1S/C35H46F2N4O5/c1-9-12-24-18-27(36)28(37)19-25(24)21-43-22-26-20-29-38-23(4)30(31(33(42)44-11-3)46-34(5,6)7)32(41(29)39-26)40-15-13-35(8,14-16-40)45-17-10-2/h9-10,18-20,31H,1-2,11-17,21-22H2,3-8H3/t31-/m0/s1. The molecule has 3 heterocycles. The zero-order valence-corrected chi connectivity index (χ0v) is 27.8. The summed E-state index contributed by atoms with van der Waals surface area (Å²) in [7, 11) is 0. The van der Waals surface area contributed by atoms with Crippen LogP contribution in [-0.2, 0) is 43.4 Å². The van der Waals surface area contributed by atoms with E-state index in [9.17, 15) is 13.6 Å². The predicted octanol–water partition coefficient (Wildman–Crippen LogP) is 6.74. The molecule has 11 heteroatoms. The van der Waals surface area contributed by atoms with Crippen molar-refractivity contribution in [1.29, 1.82) is 0 Å². The minimum Gasteiger partial charge on any atom is -0.464 e. The lowest BCUT2D eigenvalue weighted by Gasteiger charge is -2.41. The molecule has 0 amide bonds.